The van der Waals surface area contributed by atoms with Gasteiger partial charge < -0.3 is 4.98 Å². The fourth-order valence-electron chi connectivity index (χ4n) is 4.52. The van der Waals surface area contributed by atoms with E-state index in [1.54, 1.807) is 30.1 Å². The van der Waals surface area contributed by atoms with Crippen molar-refractivity contribution in [1.29, 1.82) is 0 Å². The second-order valence-corrected chi connectivity index (χ2v) is 7.94. The Hall–Kier alpha value is -2.50. The molecule has 3 aromatic rings. The molecule has 2 heterocycles. The van der Waals surface area contributed by atoms with Gasteiger partial charge in [-0.1, -0.05) is 38.2 Å². The van der Waals surface area contributed by atoms with Gasteiger partial charge >= 0.3 is 0 Å². The number of H-pyrrole nitrogens is 1. The average Bonchev–Trinajstić information content (AvgIpc) is 3.27. The molecule has 4 rings (SSSR count). The van der Waals surface area contributed by atoms with Crippen LogP contribution < -0.4 is 0 Å². The smallest absolute Gasteiger partial charge is 0.181 e. The second kappa shape index (κ2) is 8.25. The lowest BCUT2D eigenvalue weighted by molar-refractivity contribution is 0.0948. The van der Waals surface area contributed by atoms with E-state index in [0.29, 0.717) is 29.1 Å². The molecule has 1 aliphatic rings. The summed E-state index contributed by atoms with van der Waals surface area (Å²) in [7, 11) is 1.79. The fraction of sp³-hybridized carbons (Fsp3) is 0.500. The Morgan fingerprint density at radius 3 is 2.64 bits per heavy atom. The number of aromatic nitrogens is 4. The van der Waals surface area contributed by atoms with E-state index in [4.69, 9.17) is 0 Å². The highest BCUT2D eigenvalue weighted by Crippen LogP contribution is 2.37. The summed E-state index contributed by atoms with van der Waals surface area (Å²) < 4.78 is 15.8. The summed E-state index contributed by atoms with van der Waals surface area (Å²) in [5, 5.41) is 4.13. The van der Waals surface area contributed by atoms with Crippen molar-refractivity contribution in [3.63, 3.8) is 0 Å². The number of imidazole rings is 1. The Kier molecular flexibility index (Phi) is 5.55. The molecule has 0 saturated heterocycles. The number of benzene rings is 1. The number of Topliss-reactive ketones (excluding diaryl/α,β-unsaturated/α-hetero) is 1. The zero-order chi connectivity index (χ0) is 19.5. The van der Waals surface area contributed by atoms with Gasteiger partial charge in [-0.25, -0.2) is 9.37 Å². The number of halogens is 1. The van der Waals surface area contributed by atoms with Crippen LogP contribution in [0, 0.1) is 11.7 Å². The third kappa shape index (κ3) is 3.86. The SMILES string of the molecule is Cn1nccc1C(=O)CC(c1nc2c(F)cccc2[nH]1)C1CCCCCCC1. The molecule has 2 aromatic heterocycles. The predicted octanol–water partition coefficient (Wildman–Crippen LogP) is 5.15. The highest BCUT2D eigenvalue weighted by atomic mass is 19.1. The molecule has 1 N–H and O–H groups in total. The number of fused-ring (bicyclic) bond motifs is 1. The highest BCUT2D eigenvalue weighted by Gasteiger charge is 2.30. The highest BCUT2D eigenvalue weighted by molar-refractivity contribution is 5.95. The molecule has 1 unspecified atom stereocenters. The third-order valence-electron chi connectivity index (χ3n) is 6.06. The average molecular weight is 382 g/mol. The quantitative estimate of drug-likeness (QED) is 0.621. The summed E-state index contributed by atoms with van der Waals surface area (Å²) in [5.41, 5.74) is 1.67. The van der Waals surface area contributed by atoms with Crippen molar-refractivity contribution in [2.24, 2.45) is 13.0 Å². The number of carbonyl (C=O) groups excluding carboxylic acids is 1. The topological polar surface area (TPSA) is 63.6 Å². The largest absolute Gasteiger partial charge is 0.342 e. The molecule has 1 aromatic carbocycles. The van der Waals surface area contributed by atoms with Gasteiger partial charge in [0.2, 0.25) is 0 Å². The Morgan fingerprint density at radius 2 is 1.96 bits per heavy atom. The van der Waals surface area contributed by atoms with Gasteiger partial charge in [-0.05, 0) is 37.0 Å². The molecule has 0 amide bonds. The summed E-state index contributed by atoms with van der Waals surface area (Å²) in [6.07, 6.45) is 10.3. The van der Waals surface area contributed by atoms with Gasteiger partial charge in [0.25, 0.3) is 0 Å². The maximum absolute atomic E-state index is 14.2. The number of hydrogen-bond acceptors (Lipinski definition) is 3. The van der Waals surface area contributed by atoms with E-state index in [1.165, 1.54) is 38.2 Å². The van der Waals surface area contributed by atoms with Gasteiger partial charge in [0, 0.05) is 25.6 Å². The van der Waals surface area contributed by atoms with Crippen LogP contribution in [0.2, 0.25) is 0 Å². The molecule has 28 heavy (non-hydrogen) atoms. The molecular weight excluding hydrogens is 355 g/mol. The van der Waals surface area contributed by atoms with Crippen LogP contribution in [0.15, 0.2) is 30.5 Å². The van der Waals surface area contributed by atoms with Crippen LogP contribution in [-0.2, 0) is 7.05 Å². The van der Waals surface area contributed by atoms with Gasteiger partial charge in [0.05, 0.1) is 5.52 Å². The molecule has 1 atom stereocenters. The molecule has 1 saturated carbocycles. The molecule has 0 bridgehead atoms. The number of rotatable bonds is 5. The number of nitrogens with zero attached hydrogens (tertiary/aromatic N) is 3. The van der Waals surface area contributed by atoms with E-state index in [0.717, 1.165) is 18.7 Å². The third-order valence-corrected chi connectivity index (χ3v) is 6.06. The Morgan fingerprint density at radius 1 is 1.21 bits per heavy atom. The van der Waals surface area contributed by atoms with Gasteiger partial charge in [0.15, 0.2) is 11.6 Å². The fourth-order valence-corrected chi connectivity index (χ4v) is 4.52. The van der Waals surface area contributed by atoms with E-state index in [9.17, 15) is 9.18 Å². The summed E-state index contributed by atoms with van der Waals surface area (Å²) in [6, 6.07) is 6.71. The van der Waals surface area contributed by atoms with Crippen LogP contribution in [0.25, 0.3) is 11.0 Å². The van der Waals surface area contributed by atoms with Gasteiger partial charge in [-0.15, -0.1) is 0 Å². The van der Waals surface area contributed by atoms with Crippen LogP contribution in [-0.4, -0.2) is 25.5 Å². The minimum Gasteiger partial charge on any atom is -0.342 e. The van der Waals surface area contributed by atoms with Gasteiger partial charge in [0.1, 0.15) is 17.0 Å². The van der Waals surface area contributed by atoms with Crippen molar-refractivity contribution in [2.75, 3.05) is 0 Å². The zero-order valence-electron chi connectivity index (χ0n) is 16.3. The summed E-state index contributed by atoms with van der Waals surface area (Å²) >= 11 is 0. The first-order chi connectivity index (χ1) is 13.6. The molecule has 0 spiro atoms. The lowest BCUT2D eigenvalue weighted by atomic mass is 9.79. The number of aryl methyl sites for hydroxylation is 1. The monoisotopic (exact) mass is 382 g/mol. The molecule has 148 valence electrons. The van der Waals surface area contributed by atoms with Crippen LogP contribution >= 0.6 is 0 Å². The molecular formula is C22H27FN4O. The van der Waals surface area contributed by atoms with Crippen LogP contribution in [0.4, 0.5) is 4.39 Å². The first-order valence-electron chi connectivity index (χ1n) is 10.3. The van der Waals surface area contributed by atoms with Crippen LogP contribution in [0.3, 0.4) is 0 Å². The standard InChI is InChI=1S/C22H27FN4O/c1-27-19(12-13-24-27)20(28)14-16(15-8-5-3-2-4-6-9-15)22-25-18-11-7-10-17(23)21(18)26-22/h7,10-13,15-16H,2-6,8-9,14H2,1H3,(H,25,26). The summed E-state index contributed by atoms with van der Waals surface area (Å²) in [4.78, 5) is 20.9. The predicted molar refractivity (Wildman–Crippen MR) is 107 cm³/mol. The summed E-state index contributed by atoms with van der Waals surface area (Å²) in [6.45, 7) is 0. The molecule has 0 radical (unpaired) electrons. The normalized spacial score (nSPS) is 17.4. The number of carbonyl (C=O) groups is 1. The van der Waals surface area contributed by atoms with E-state index in [-0.39, 0.29) is 17.5 Å². The number of aromatic amines is 1. The second-order valence-electron chi connectivity index (χ2n) is 7.94. The van der Waals surface area contributed by atoms with Crippen molar-refractivity contribution in [1.82, 2.24) is 19.7 Å². The number of para-hydroxylation sites is 1. The maximum Gasteiger partial charge on any atom is 0.181 e. The lowest BCUT2D eigenvalue weighted by Crippen LogP contribution is -2.20. The van der Waals surface area contributed by atoms with E-state index in [1.807, 2.05) is 6.07 Å². The van der Waals surface area contributed by atoms with E-state index in [2.05, 4.69) is 15.1 Å². The van der Waals surface area contributed by atoms with Crippen LogP contribution in [0.1, 0.15) is 73.6 Å². The summed E-state index contributed by atoms with van der Waals surface area (Å²) in [5.74, 6) is 0.817. The van der Waals surface area contributed by atoms with Gasteiger partial charge in [-0.3, -0.25) is 9.48 Å². The molecule has 1 aliphatic carbocycles. The van der Waals surface area contributed by atoms with Gasteiger partial charge in [-0.2, -0.15) is 5.10 Å². The first-order valence-corrected chi connectivity index (χ1v) is 10.3. The number of hydrogen-bond donors (Lipinski definition) is 1. The van der Waals surface area contributed by atoms with Crippen LogP contribution in [0.5, 0.6) is 0 Å². The van der Waals surface area contributed by atoms with Crippen molar-refractivity contribution >= 4 is 16.8 Å². The van der Waals surface area contributed by atoms with E-state index < -0.39 is 0 Å². The minimum absolute atomic E-state index is 0.0349. The molecule has 1 fully saturated rings. The van der Waals surface area contributed by atoms with E-state index >= 15 is 0 Å². The molecule has 5 nitrogen and oxygen atoms in total. The Labute approximate surface area is 164 Å². The lowest BCUT2D eigenvalue weighted by Gasteiger charge is -2.27. The number of nitrogens with one attached hydrogen (secondary N) is 1. The Bertz CT molecular complexity index is 953. The number of ketones is 1. The van der Waals surface area contributed by atoms with Crippen molar-refractivity contribution in [3.05, 3.63) is 47.8 Å². The molecule has 6 heteroatoms. The van der Waals surface area contributed by atoms with Crippen molar-refractivity contribution in [3.8, 4) is 0 Å². The Balaban J connectivity index is 1.68. The maximum atomic E-state index is 14.2. The minimum atomic E-state index is -0.325. The zero-order valence-corrected chi connectivity index (χ0v) is 16.3. The van der Waals surface area contributed by atoms with Crippen molar-refractivity contribution < 1.29 is 9.18 Å². The first kappa shape index (κ1) is 18.8. The van der Waals surface area contributed by atoms with Crippen molar-refractivity contribution in [2.45, 2.75) is 57.3 Å². The molecule has 0 aliphatic heterocycles.